The first kappa shape index (κ1) is 52.4. The van der Waals surface area contributed by atoms with Crippen molar-refractivity contribution in [3.8, 4) is 0 Å². The standard InChI is InChI=1S/C48H92O6/c1-5-7-9-11-13-14-15-16-17-22-25-29-33-37-41-48(51)54-45(42-52-46(49)39-35-31-26-12-10-8-6-2)43-53-47(50)40-36-32-28-24-21-19-18-20-23-27-30-34-38-44(3)4/h44-45H,5-43H2,1-4H3/t45-/m1/s1. The monoisotopic (exact) mass is 765 g/mol. The van der Waals surface area contributed by atoms with Crippen molar-refractivity contribution < 1.29 is 28.6 Å². The van der Waals surface area contributed by atoms with Gasteiger partial charge in [-0.1, -0.05) is 227 Å². The molecule has 0 spiro atoms. The Morgan fingerprint density at radius 3 is 0.907 bits per heavy atom. The van der Waals surface area contributed by atoms with Crippen LogP contribution in [0.2, 0.25) is 0 Å². The van der Waals surface area contributed by atoms with Gasteiger partial charge in [0, 0.05) is 19.3 Å². The van der Waals surface area contributed by atoms with E-state index in [1.165, 1.54) is 161 Å². The lowest BCUT2D eigenvalue weighted by Gasteiger charge is -2.18. The van der Waals surface area contributed by atoms with E-state index in [2.05, 4.69) is 27.7 Å². The summed E-state index contributed by atoms with van der Waals surface area (Å²) >= 11 is 0. The van der Waals surface area contributed by atoms with Crippen molar-refractivity contribution in [1.29, 1.82) is 0 Å². The molecule has 0 aliphatic rings. The molecule has 0 heterocycles. The molecule has 6 nitrogen and oxygen atoms in total. The van der Waals surface area contributed by atoms with Crippen molar-refractivity contribution in [2.75, 3.05) is 13.2 Å². The summed E-state index contributed by atoms with van der Waals surface area (Å²) in [6.07, 6.45) is 42.4. The number of carbonyl (C=O) groups excluding carboxylic acids is 3. The Morgan fingerprint density at radius 2 is 0.611 bits per heavy atom. The molecule has 320 valence electrons. The van der Waals surface area contributed by atoms with Gasteiger partial charge in [-0.3, -0.25) is 14.4 Å². The molecule has 6 heteroatoms. The lowest BCUT2D eigenvalue weighted by molar-refractivity contribution is -0.167. The van der Waals surface area contributed by atoms with Crippen molar-refractivity contribution in [2.24, 2.45) is 5.92 Å². The molecule has 0 unspecified atom stereocenters. The van der Waals surface area contributed by atoms with Gasteiger partial charge >= 0.3 is 17.9 Å². The average molecular weight is 765 g/mol. The topological polar surface area (TPSA) is 78.9 Å². The largest absolute Gasteiger partial charge is 0.462 e. The van der Waals surface area contributed by atoms with Crippen molar-refractivity contribution in [2.45, 2.75) is 271 Å². The van der Waals surface area contributed by atoms with Crippen molar-refractivity contribution in [3.05, 3.63) is 0 Å². The number of rotatable bonds is 43. The Morgan fingerprint density at radius 1 is 0.352 bits per heavy atom. The number of hydrogen-bond acceptors (Lipinski definition) is 6. The predicted octanol–water partition coefficient (Wildman–Crippen LogP) is 15.1. The van der Waals surface area contributed by atoms with Crippen molar-refractivity contribution >= 4 is 17.9 Å². The highest BCUT2D eigenvalue weighted by Crippen LogP contribution is 2.16. The zero-order chi connectivity index (χ0) is 39.6. The minimum absolute atomic E-state index is 0.0637. The van der Waals surface area contributed by atoms with Crippen LogP contribution < -0.4 is 0 Å². The molecule has 0 aliphatic carbocycles. The summed E-state index contributed by atoms with van der Waals surface area (Å²) in [5.74, 6) is -0.0225. The minimum atomic E-state index is -0.758. The van der Waals surface area contributed by atoms with Gasteiger partial charge < -0.3 is 14.2 Å². The van der Waals surface area contributed by atoms with Gasteiger partial charge in [0.25, 0.3) is 0 Å². The first-order valence-corrected chi connectivity index (χ1v) is 23.9. The van der Waals surface area contributed by atoms with Crippen LogP contribution in [0.1, 0.15) is 265 Å². The summed E-state index contributed by atoms with van der Waals surface area (Å²) in [4.78, 5) is 37.7. The molecule has 1 atom stereocenters. The van der Waals surface area contributed by atoms with E-state index in [4.69, 9.17) is 14.2 Å². The zero-order valence-corrected chi connectivity index (χ0v) is 36.7. The van der Waals surface area contributed by atoms with Crippen LogP contribution in [0.4, 0.5) is 0 Å². The van der Waals surface area contributed by atoms with E-state index >= 15 is 0 Å². The molecule has 0 aromatic carbocycles. The van der Waals surface area contributed by atoms with Crippen LogP contribution in [0.3, 0.4) is 0 Å². The Labute approximate surface area is 336 Å². The SMILES string of the molecule is CCCCCCCCCCCCCCCCC(=O)O[C@H](COC(=O)CCCCCCCCC)COC(=O)CCCCCCCCCCCCCCC(C)C. The van der Waals surface area contributed by atoms with Gasteiger partial charge in [-0.2, -0.15) is 0 Å². The van der Waals surface area contributed by atoms with Gasteiger partial charge in [-0.05, 0) is 25.2 Å². The van der Waals surface area contributed by atoms with Crippen LogP contribution in [0, 0.1) is 5.92 Å². The summed E-state index contributed by atoms with van der Waals surface area (Å²) in [6, 6.07) is 0. The lowest BCUT2D eigenvalue weighted by Crippen LogP contribution is -2.30. The third kappa shape index (κ3) is 41.6. The molecule has 0 rings (SSSR count). The molecule has 0 N–H and O–H groups in total. The third-order valence-corrected chi connectivity index (χ3v) is 10.8. The molecule has 0 radical (unpaired) electrons. The van der Waals surface area contributed by atoms with Crippen LogP contribution in [-0.2, 0) is 28.6 Å². The number of ether oxygens (including phenoxy) is 3. The van der Waals surface area contributed by atoms with Crippen LogP contribution in [0.15, 0.2) is 0 Å². The molecule has 54 heavy (non-hydrogen) atoms. The highest BCUT2D eigenvalue weighted by molar-refractivity contribution is 5.71. The van der Waals surface area contributed by atoms with E-state index in [0.717, 1.165) is 63.7 Å². The smallest absolute Gasteiger partial charge is 0.306 e. The molecule has 0 saturated carbocycles. The summed E-state index contributed by atoms with van der Waals surface area (Å²) in [5, 5.41) is 0. The average Bonchev–Trinajstić information content (AvgIpc) is 3.15. The molecule has 0 aromatic heterocycles. The summed E-state index contributed by atoms with van der Waals surface area (Å²) < 4.78 is 16.7. The Bertz CT molecular complexity index is 811. The van der Waals surface area contributed by atoms with Crippen molar-refractivity contribution in [1.82, 2.24) is 0 Å². The summed E-state index contributed by atoms with van der Waals surface area (Å²) in [6.45, 7) is 8.97. The highest BCUT2D eigenvalue weighted by atomic mass is 16.6. The molecule has 0 saturated heterocycles. The van der Waals surface area contributed by atoms with Gasteiger partial charge in [0.15, 0.2) is 6.10 Å². The maximum Gasteiger partial charge on any atom is 0.306 e. The molecular weight excluding hydrogens is 673 g/mol. The predicted molar refractivity (Wildman–Crippen MR) is 229 cm³/mol. The van der Waals surface area contributed by atoms with Gasteiger partial charge in [0.1, 0.15) is 13.2 Å². The van der Waals surface area contributed by atoms with E-state index in [1.54, 1.807) is 0 Å². The van der Waals surface area contributed by atoms with Gasteiger partial charge in [-0.25, -0.2) is 0 Å². The van der Waals surface area contributed by atoms with E-state index in [0.29, 0.717) is 19.3 Å². The van der Waals surface area contributed by atoms with Gasteiger partial charge in [0.2, 0.25) is 0 Å². The van der Waals surface area contributed by atoms with Crippen LogP contribution in [-0.4, -0.2) is 37.2 Å². The highest BCUT2D eigenvalue weighted by Gasteiger charge is 2.19. The minimum Gasteiger partial charge on any atom is -0.462 e. The second-order valence-electron chi connectivity index (χ2n) is 16.9. The first-order chi connectivity index (χ1) is 26.4. The fraction of sp³-hybridized carbons (Fsp3) is 0.938. The van der Waals surface area contributed by atoms with E-state index in [9.17, 15) is 14.4 Å². The maximum absolute atomic E-state index is 12.7. The second kappa shape index (κ2) is 42.6. The number of esters is 3. The maximum atomic E-state index is 12.7. The zero-order valence-electron chi connectivity index (χ0n) is 36.7. The van der Waals surface area contributed by atoms with Crippen LogP contribution >= 0.6 is 0 Å². The number of unbranched alkanes of at least 4 members (excludes halogenated alkanes) is 30. The molecule has 0 bridgehead atoms. The number of carbonyl (C=O) groups is 3. The van der Waals surface area contributed by atoms with Gasteiger partial charge in [0.05, 0.1) is 0 Å². The molecule has 0 fully saturated rings. The third-order valence-electron chi connectivity index (χ3n) is 10.8. The molecular formula is C48H92O6. The van der Waals surface area contributed by atoms with E-state index < -0.39 is 6.10 Å². The van der Waals surface area contributed by atoms with Gasteiger partial charge in [-0.15, -0.1) is 0 Å². The second-order valence-corrected chi connectivity index (χ2v) is 16.9. The van der Waals surface area contributed by atoms with E-state index in [-0.39, 0.29) is 31.1 Å². The quantitative estimate of drug-likeness (QED) is 0.0349. The van der Waals surface area contributed by atoms with E-state index in [1.807, 2.05) is 0 Å². The first-order valence-electron chi connectivity index (χ1n) is 23.9. The van der Waals surface area contributed by atoms with Crippen LogP contribution in [0.25, 0.3) is 0 Å². The Hall–Kier alpha value is -1.59. The van der Waals surface area contributed by atoms with Crippen LogP contribution in [0.5, 0.6) is 0 Å². The normalized spacial score (nSPS) is 11.9. The lowest BCUT2D eigenvalue weighted by atomic mass is 10.0. The Kier molecular flexibility index (Phi) is 41.3. The molecule has 0 aromatic rings. The summed E-state index contributed by atoms with van der Waals surface area (Å²) in [5.41, 5.74) is 0. The van der Waals surface area contributed by atoms with Crippen molar-refractivity contribution in [3.63, 3.8) is 0 Å². The molecule has 0 amide bonds. The fourth-order valence-electron chi connectivity index (χ4n) is 7.16. The number of hydrogen-bond donors (Lipinski definition) is 0. The summed E-state index contributed by atoms with van der Waals surface area (Å²) in [7, 11) is 0. The fourth-order valence-corrected chi connectivity index (χ4v) is 7.16. The molecule has 0 aliphatic heterocycles. The Balaban J connectivity index is 4.24.